The Hall–Kier alpha value is -0.370. The van der Waals surface area contributed by atoms with Crippen molar-refractivity contribution in [2.45, 2.75) is 25.8 Å². The average molecular weight is 153 g/mol. The molecule has 0 radical (unpaired) electrons. The van der Waals surface area contributed by atoms with Gasteiger partial charge in [0.25, 0.3) is 0 Å². The number of carbonyl (C=O) groups is 1. The molecule has 2 heteroatoms. The third-order valence-corrected chi connectivity index (χ3v) is 3.30. The van der Waals surface area contributed by atoms with Gasteiger partial charge in [-0.1, -0.05) is 0 Å². The highest BCUT2D eigenvalue weighted by Gasteiger charge is 2.47. The minimum absolute atomic E-state index is 0.258. The first-order chi connectivity index (χ1) is 5.20. The lowest BCUT2D eigenvalue weighted by molar-refractivity contribution is -0.122. The molecule has 2 rings (SSSR count). The molecule has 1 saturated carbocycles. The van der Waals surface area contributed by atoms with Gasteiger partial charge in [0.05, 0.1) is 6.04 Å². The summed E-state index contributed by atoms with van der Waals surface area (Å²) < 4.78 is 0. The summed E-state index contributed by atoms with van der Waals surface area (Å²) in [5.41, 5.74) is 0. The number of likely N-dealkylation sites (tertiary alicyclic amines) is 1. The summed E-state index contributed by atoms with van der Waals surface area (Å²) in [7, 11) is 2.07. The Morgan fingerprint density at radius 1 is 1.45 bits per heavy atom. The summed E-state index contributed by atoms with van der Waals surface area (Å²) in [6, 6.07) is 0.258. The first kappa shape index (κ1) is 7.29. The molecule has 2 nitrogen and oxygen atoms in total. The molecule has 1 heterocycles. The highest BCUT2D eigenvalue weighted by atomic mass is 16.1. The maximum atomic E-state index is 11.2. The smallest absolute Gasteiger partial charge is 0.147 e. The van der Waals surface area contributed by atoms with Crippen LogP contribution in [0.15, 0.2) is 0 Å². The summed E-state index contributed by atoms with van der Waals surface area (Å²) >= 11 is 0. The fraction of sp³-hybridized carbons (Fsp3) is 0.889. The molecular weight excluding hydrogens is 138 g/mol. The molecule has 2 fully saturated rings. The predicted molar refractivity (Wildman–Crippen MR) is 43.3 cm³/mol. The van der Waals surface area contributed by atoms with Crippen LogP contribution in [-0.4, -0.2) is 30.3 Å². The summed E-state index contributed by atoms with van der Waals surface area (Å²) in [4.78, 5) is 13.4. The normalized spacial score (nSPS) is 43.3. The first-order valence-electron chi connectivity index (χ1n) is 4.41. The van der Waals surface area contributed by atoms with E-state index in [2.05, 4.69) is 11.9 Å². The van der Waals surface area contributed by atoms with Crippen LogP contribution < -0.4 is 0 Å². The van der Waals surface area contributed by atoms with Gasteiger partial charge in [0.15, 0.2) is 0 Å². The molecule has 62 valence electrons. The van der Waals surface area contributed by atoms with Gasteiger partial charge >= 0.3 is 0 Å². The van der Waals surface area contributed by atoms with Crippen molar-refractivity contribution in [3.63, 3.8) is 0 Å². The number of nitrogens with zero attached hydrogens (tertiary/aromatic N) is 1. The molecule has 0 aromatic rings. The molecule has 0 aromatic carbocycles. The summed E-state index contributed by atoms with van der Waals surface area (Å²) in [6.45, 7) is 2.87. The number of likely N-dealkylation sites (N-methyl/N-ethyl adjacent to an activating group) is 1. The largest absolute Gasteiger partial charge is 0.298 e. The van der Waals surface area contributed by atoms with Gasteiger partial charge in [0, 0.05) is 6.54 Å². The minimum Gasteiger partial charge on any atom is -0.298 e. The predicted octanol–water partition coefficient (Wildman–Crippen LogP) is 0.916. The minimum atomic E-state index is 0.258. The van der Waals surface area contributed by atoms with E-state index in [1.165, 1.54) is 12.8 Å². The third kappa shape index (κ3) is 0.924. The molecule has 11 heavy (non-hydrogen) atoms. The second kappa shape index (κ2) is 2.31. The topological polar surface area (TPSA) is 20.3 Å². The Morgan fingerprint density at radius 2 is 2.18 bits per heavy atom. The molecule has 1 aliphatic heterocycles. The van der Waals surface area contributed by atoms with Gasteiger partial charge in [-0.25, -0.2) is 0 Å². The number of Topliss-reactive ketones (excluding diaryl/α,β-unsaturated/α-hetero) is 1. The zero-order valence-corrected chi connectivity index (χ0v) is 7.21. The lowest BCUT2D eigenvalue weighted by Gasteiger charge is -2.32. The van der Waals surface area contributed by atoms with Crippen molar-refractivity contribution >= 4 is 5.78 Å². The first-order valence-corrected chi connectivity index (χ1v) is 4.41. The fourth-order valence-electron chi connectivity index (χ4n) is 2.66. The zero-order chi connectivity index (χ0) is 8.01. The van der Waals surface area contributed by atoms with Gasteiger partial charge in [0.2, 0.25) is 0 Å². The Bertz CT molecular complexity index is 190. The molecular formula is C9H15NO. The molecule has 1 saturated heterocycles. The number of ketones is 1. The SMILES string of the molecule is CC(=O)[C@@H]1[C@@H]2CC[C@@H]2CN1C. The number of carbonyl (C=O) groups excluding carboxylic acids is 1. The lowest BCUT2D eigenvalue weighted by atomic mass is 9.72. The van der Waals surface area contributed by atoms with Crippen molar-refractivity contribution < 1.29 is 4.79 Å². The van der Waals surface area contributed by atoms with Crippen LogP contribution in [0.3, 0.4) is 0 Å². The van der Waals surface area contributed by atoms with Crippen LogP contribution in [0.25, 0.3) is 0 Å². The van der Waals surface area contributed by atoms with Crippen molar-refractivity contribution in [2.75, 3.05) is 13.6 Å². The van der Waals surface area contributed by atoms with Crippen molar-refractivity contribution in [1.82, 2.24) is 4.90 Å². The third-order valence-electron chi connectivity index (χ3n) is 3.30. The lowest BCUT2D eigenvalue weighted by Crippen LogP contribution is -2.38. The molecule has 2 aliphatic rings. The molecule has 0 amide bonds. The number of hydrogen-bond donors (Lipinski definition) is 0. The maximum absolute atomic E-state index is 11.2. The highest BCUT2D eigenvalue weighted by Crippen LogP contribution is 2.44. The summed E-state index contributed by atoms with van der Waals surface area (Å²) in [5, 5.41) is 0. The van der Waals surface area contributed by atoms with Crippen molar-refractivity contribution in [2.24, 2.45) is 11.8 Å². The van der Waals surface area contributed by atoms with E-state index in [0.717, 1.165) is 12.5 Å². The fourth-order valence-corrected chi connectivity index (χ4v) is 2.66. The van der Waals surface area contributed by atoms with Gasteiger partial charge < -0.3 is 0 Å². The molecule has 3 atom stereocenters. The van der Waals surface area contributed by atoms with Crippen LogP contribution in [0.5, 0.6) is 0 Å². The van der Waals surface area contributed by atoms with Gasteiger partial charge in [-0.05, 0) is 38.6 Å². The monoisotopic (exact) mass is 153 g/mol. The van der Waals surface area contributed by atoms with E-state index in [-0.39, 0.29) is 6.04 Å². The van der Waals surface area contributed by atoms with E-state index < -0.39 is 0 Å². The molecule has 0 aromatic heterocycles. The van der Waals surface area contributed by atoms with Crippen LogP contribution in [0.2, 0.25) is 0 Å². The van der Waals surface area contributed by atoms with E-state index >= 15 is 0 Å². The quantitative estimate of drug-likeness (QED) is 0.558. The highest BCUT2D eigenvalue weighted by molar-refractivity contribution is 5.82. The van der Waals surface area contributed by atoms with Crippen LogP contribution >= 0.6 is 0 Å². The van der Waals surface area contributed by atoms with Gasteiger partial charge in [0.1, 0.15) is 5.78 Å². The van der Waals surface area contributed by atoms with Gasteiger partial charge in [-0.15, -0.1) is 0 Å². The van der Waals surface area contributed by atoms with Crippen molar-refractivity contribution in [3.05, 3.63) is 0 Å². The van der Waals surface area contributed by atoms with Crippen LogP contribution in [0.4, 0.5) is 0 Å². The Balaban J connectivity index is 2.13. The molecule has 1 aliphatic carbocycles. The molecule has 0 spiro atoms. The van der Waals surface area contributed by atoms with Crippen molar-refractivity contribution in [3.8, 4) is 0 Å². The van der Waals surface area contributed by atoms with E-state index in [1.807, 2.05) is 0 Å². The number of fused-ring (bicyclic) bond motifs is 1. The van der Waals surface area contributed by atoms with Gasteiger partial charge in [-0.2, -0.15) is 0 Å². The second-order valence-electron chi connectivity index (χ2n) is 4.00. The molecule has 0 unspecified atom stereocenters. The van der Waals surface area contributed by atoms with E-state index in [9.17, 15) is 4.79 Å². The Labute approximate surface area is 67.6 Å². The molecule has 0 bridgehead atoms. The van der Waals surface area contributed by atoms with Gasteiger partial charge in [-0.3, -0.25) is 9.69 Å². The zero-order valence-electron chi connectivity index (χ0n) is 7.21. The Kier molecular flexibility index (Phi) is 1.53. The van der Waals surface area contributed by atoms with Crippen LogP contribution in [0.1, 0.15) is 19.8 Å². The summed E-state index contributed by atoms with van der Waals surface area (Å²) in [5.74, 6) is 1.91. The average Bonchev–Trinajstić information content (AvgIpc) is 2.10. The van der Waals surface area contributed by atoms with Crippen LogP contribution in [0, 0.1) is 11.8 Å². The summed E-state index contributed by atoms with van der Waals surface area (Å²) in [6.07, 6.45) is 2.62. The Morgan fingerprint density at radius 3 is 2.45 bits per heavy atom. The number of hydrogen-bond acceptors (Lipinski definition) is 2. The molecule has 0 N–H and O–H groups in total. The van der Waals surface area contributed by atoms with E-state index in [0.29, 0.717) is 11.7 Å². The van der Waals surface area contributed by atoms with E-state index in [4.69, 9.17) is 0 Å². The van der Waals surface area contributed by atoms with E-state index in [1.54, 1.807) is 6.92 Å². The standard InChI is InChI=1S/C9H15NO/c1-6(11)9-8-4-3-7(8)5-10(9)2/h7-9H,3-5H2,1-2H3/t7-,8-,9-/m1/s1. The second-order valence-corrected chi connectivity index (χ2v) is 4.00. The number of rotatable bonds is 1. The van der Waals surface area contributed by atoms with Crippen LogP contribution in [-0.2, 0) is 4.79 Å². The maximum Gasteiger partial charge on any atom is 0.147 e. The van der Waals surface area contributed by atoms with Crippen molar-refractivity contribution in [1.29, 1.82) is 0 Å².